The lowest BCUT2D eigenvalue weighted by atomic mass is 9.68. The smallest absolute Gasteiger partial charge is 0.251 e. The molecule has 1 aromatic carbocycles. The zero-order chi connectivity index (χ0) is 17.2. The summed E-state index contributed by atoms with van der Waals surface area (Å²) in [7, 11) is 0. The molecule has 1 aliphatic carbocycles. The quantitative estimate of drug-likeness (QED) is 0.282. The molecule has 4 nitrogen and oxygen atoms in total. The Morgan fingerprint density at radius 1 is 1.21 bits per heavy atom. The maximum absolute atomic E-state index is 12.5. The second-order valence-electron chi connectivity index (χ2n) is 6.66. The maximum Gasteiger partial charge on any atom is 0.358 e. The zero-order valence-corrected chi connectivity index (χ0v) is 14.5. The fraction of sp³-hybridized carbons (Fsp3) is 0.600. The summed E-state index contributed by atoms with van der Waals surface area (Å²) in [5.74, 6) is 0.0177. The normalized spacial score (nSPS) is 21.7. The highest BCUT2D eigenvalue weighted by atomic mass is 17.2. The van der Waals surface area contributed by atoms with Crippen LogP contribution in [0.5, 0.6) is 0 Å². The van der Waals surface area contributed by atoms with Gasteiger partial charge in [0, 0.05) is 0 Å². The molecule has 0 saturated heterocycles. The molecule has 1 fully saturated rings. The average molecular weight is 332 g/mol. The van der Waals surface area contributed by atoms with Crippen molar-refractivity contribution in [3.05, 3.63) is 35.9 Å². The van der Waals surface area contributed by atoms with Crippen molar-refractivity contribution >= 4 is 12.4 Å². The van der Waals surface area contributed by atoms with E-state index in [0.717, 1.165) is 44.9 Å². The average Bonchev–Trinajstić information content (AvgIpc) is 2.64. The molecule has 2 rings (SSSR count). The number of benzene rings is 1. The standard InChI is InChI=1S/C20H28O4/c1-2-3-5-14-19(20(22)24-23-15-21)18-13-9-8-12-17(18)16-10-6-4-7-11-16/h4,6-7,10-11,15,17-19H,2-3,5,8-9,12-14H2,1H3. The largest absolute Gasteiger partial charge is 0.358 e. The number of hydrogen-bond acceptors (Lipinski definition) is 4. The first-order chi connectivity index (χ1) is 11.8. The molecule has 4 heteroatoms. The number of hydrogen-bond donors (Lipinski definition) is 0. The third-order valence-electron chi connectivity index (χ3n) is 5.15. The molecule has 24 heavy (non-hydrogen) atoms. The monoisotopic (exact) mass is 332 g/mol. The Labute approximate surface area is 144 Å². The highest BCUT2D eigenvalue weighted by Gasteiger charge is 2.37. The second-order valence-corrected chi connectivity index (χ2v) is 6.66. The Morgan fingerprint density at radius 2 is 1.96 bits per heavy atom. The van der Waals surface area contributed by atoms with Crippen LogP contribution in [0.15, 0.2) is 30.3 Å². The summed E-state index contributed by atoms with van der Waals surface area (Å²) < 4.78 is 0. The van der Waals surface area contributed by atoms with Crippen LogP contribution in [0, 0.1) is 11.8 Å². The first-order valence-electron chi connectivity index (χ1n) is 9.13. The molecule has 132 valence electrons. The molecular formula is C20H28O4. The Hall–Kier alpha value is -1.84. The maximum atomic E-state index is 12.5. The van der Waals surface area contributed by atoms with Crippen LogP contribution >= 0.6 is 0 Å². The third kappa shape index (κ3) is 5.08. The van der Waals surface area contributed by atoms with Crippen molar-refractivity contribution < 1.29 is 19.4 Å². The minimum absolute atomic E-state index is 0.163. The van der Waals surface area contributed by atoms with Gasteiger partial charge in [0.2, 0.25) is 0 Å². The van der Waals surface area contributed by atoms with Gasteiger partial charge in [0.1, 0.15) is 0 Å². The van der Waals surface area contributed by atoms with Gasteiger partial charge in [-0.3, -0.25) is 9.68 Å². The summed E-state index contributed by atoms with van der Waals surface area (Å²) in [5.41, 5.74) is 1.30. The molecule has 0 aliphatic heterocycles. The Morgan fingerprint density at radius 3 is 2.67 bits per heavy atom. The molecule has 1 saturated carbocycles. The summed E-state index contributed by atoms with van der Waals surface area (Å²) >= 11 is 0. The van der Waals surface area contributed by atoms with E-state index in [-0.39, 0.29) is 18.3 Å². The van der Waals surface area contributed by atoms with E-state index in [0.29, 0.717) is 5.92 Å². The topological polar surface area (TPSA) is 52.6 Å². The van der Waals surface area contributed by atoms with Crippen LogP contribution in [-0.2, 0) is 19.4 Å². The Kier molecular flexibility index (Phi) is 7.80. The van der Waals surface area contributed by atoms with Crippen molar-refractivity contribution in [1.82, 2.24) is 0 Å². The van der Waals surface area contributed by atoms with Crippen LogP contribution in [0.1, 0.15) is 69.8 Å². The summed E-state index contributed by atoms with van der Waals surface area (Å²) in [5, 5.41) is 0. The number of rotatable bonds is 9. The van der Waals surface area contributed by atoms with Gasteiger partial charge < -0.3 is 0 Å². The van der Waals surface area contributed by atoms with Gasteiger partial charge in [0.25, 0.3) is 0 Å². The van der Waals surface area contributed by atoms with Crippen molar-refractivity contribution in [1.29, 1.82) is 0 Å². The molecule has 0 heterocycles. The van der Waals surface area contributed by atoms with Gasteiger partial charge in [-0.1, -0.05) is 69.4 Å². The zero-order valence-electron chi connectivity index (χ0n) is 14.5. The molecular weight excluding hydrogens is 304 g/mol. The van der Waals surface area contributed by atoms with Crippen molar-refractivity contribution in [2.75, 3.05) is 0 Å². The van der Waals surface area contributed by atoms with Crippen LogP contribution in [-0.4, -0.2) is 12.4 Å². The molecule has 1 aliphatic rings. The van der Waals surface area contributed by atoms with Gasteiger partial charge in [-0.15, -0.1) is 0 Å². The van der Waals surface area contributed by atoms with E-state index >= 15 is 0 Å². The lowest BCUT2D eigenvalue weighted by molar-refractivity contribution is -0.253. The van der Waals surface area contributed by atoms with Crippen LogP contribution in [0.4, 0.5) is 0 Å². The fourth-order valence-electron chi connectivity index (χ4n) is 4.01. The SMILES string of the molecule is CCCCCC(C(=O)OOC=O)C1CCCCC1c1ccccc1. The predicted octanol–water partition coefficient (Wildman–Crippen LogP) is 4.79. The van der Waals surface area contributed by atoms with Crippen LogP contribution in [0.25, 0.3) is 0 Å². The van der Waals surface area contributed by atoms with E-state index in [1.54, 1.807) is 0 Å². The second kappa shape index (κ2) is 10.1. The third-order valence-corrected chi connectivity index (χ3v) is 5.15. The Balaban J connectivity index is 2.16. The minimum Gasteiger partial charge on any atom is -0.251 e. The van der Waals surface area contributed by atoms with Gasteiger partial charge in [-0.05, 0) is 36.7 Å². The summed E-state index contributed by atoms with van der Waals surface area (Å²) in [4.78, 5) is 31.8. The predicted molar refractivity (Wildman–Crippen MR) is 92.0 cm³/mol. The van der Waals surface area contributed by atoms with Crippen molar-refractivity contribution in [3.63, 3.8) is 0 Å². The summed E-state index contributed by atoms with van der Waals surface area (Å²) in [6.07, 6.45) is 8.45. The highest BCUT2D eigenvalue weighted by molar-refractivity contribution is 5.72. The molecule has 1 aromatic rings. The van der Waals surface area contributed by atoms with Crippen molar-refractivity contribution in [3.8, 4) is 0 Å². The van der Waals surface area contributed by atoms with E-state index in [1.165, 1.54) is 12.0 Å². The van der Waals surface area contributed by atoms with Gasteiger partial charge in [-0.2, -0.15) is 0 Å². The molecule has 3 atom stereocenters. The van der Waals surface area contributed by atoms with E-state index in [9.17, 15) is 9.59 Å². The van der Waals surface area contributed by atoms with E-state index in [1.807, 2.05) is 6.07 Å². The molecule has 0 spiro atoms. The van der Waals surface area contributed by atoms with E-state index in [2.05, 4.69) is 36.1 Å². The molecule has 0 aromatic heterocycles. The van der Waals surface area contributed by atoms with Crippen molar-refractivity contribution in [2.45, 2.75) is 64.2 Å². The highest BCUT2D eigenvalue weighted by Crippen LogP contribution is 2.43. The van der Waals surface area contributed by atoms with E-state index in [4.69, 9.17) is 4.89 Å². The number of unbranched alkanes of at least 4 members (excludes halogenated alkanes) is 2. The fourth-order valence-corrected chi connectivity index (χ4v) is 4.01. The molecule has 3 unspecified atom stereocenters. The number of carbonyl (C=O) groups is 2. The first kappa shape index (κ1) is 18.5. The minimum atomic E-state index is -0.397. The number of carbonyl (C=O) groups excluding carboxylic acids is 2. The van der Waals surface area contributed by atoms with Crippen LogP contribution in [0.3, 0.4) is 0 Å². The molecule has 0 bridgehead atoms. The molecule has 0 radical (unpaired) electrons. The molecule has 0 N–H and O–H groups in total. The first-order valence-corrected chi connectivity index (χ1v) is 9.13. The van der Waals surface area contributed by atoms with Gasteiger partial charge in [0.05, 0.1) is 5.92 Å². The van der Waals surface area contributed by atoms with E-state index < -0.39 is 5.97 Å². The lowest BCUT2D eigenvalue weighted by Crippen LogP contribution is -2.32. The molecule has 0 amide bonds. The lowest BCUT2D eigenvalue weighted by Gasteiger charge is -2.36. The van der Waals surface area contributed by atoms with Crippen LogP contribution < -0.4 is 0 Å². The summed E-state index contributed by atoms with van der Waals surface area (Å²) in [6, 6.07) is 10.4. The van der Waals surface area contributed by atoms with Gasteiger partial charge >= 0.3 is 12.4 Å². The van der Waals surface area contributed by atoms with Gasteiger partial charge in [-0.25, -0.2) is 9.68 Å². The Bertz CT molecular complexity index is 500. The summed E-state index contributed by atoms with van der Waals surface area (Å²) in [6.45, 7) is 2.31. The van der Waals surface area contributed by atoms with Gasteiger partial charge in [0.15, 0.2) is 0 Å². The van der Waals surface area contributed by atoms with Crippen molar-refractivity contribution in [2.24, 2.45) is 11.8 Å². The van der Waals surface area contributed by atoms with Crippen LogP contribution in [0.2, 0.25) is 0 Å².